The fourth-order valence-corrected chi connectivity index (χ4v) is 2.44. The van der Waals surface area contributed by atoms with Crippen LogP contribution < -0.4 is 0 Å². The Kier molecular flexibility index (Phi) is 3.81. The largest absolute Gasteiger partial charge is 0.477 e. The first kappa shape index (κ1) is 12.8. The lowest BCUT2D eigenvalue weighted by Crippen LogP contribution is -2.10. The number of carbonyl (C=O) groups excluding carboxylic acids is 1. The second-order valence-electron chi connectivity index (χ2n) is 3.77. The van der Waals surface area contributed by atoms with Gasteiger partial charge in [-0.15, -0.1) is 0 Å². The molecule has 0 amide bonds. The Bertz CT molecular complexity index is 590. The molecular formula is C13H10INO3. The molecule has 0 atom stereocenters. The first-order valence-corrected chi connectivity index (χ1v) is 6.32. The van der Waals surface area contributed by atoms with E-state index in [0.717, 1.165) is 5.56 Å². The number of nitrogens with zero attached hydrogens (tertiary/aromatic N) is 1. The molecule has 0 aliphatic carbocycles. The average Bonchev–Trinajstić information content (AvgIpc) is 2.68. The standard InChI is InChI=1S/C13H10INO3/c14-12-10(8-16)6-11(13(17)18)15(12)7-9-4-2-1-3-5-9/h1-6,8H,7H2,(H,17,18). The third kappa shape index (κ3) is 2.45. The maximum atomic E-state index is 11.2. The smallest absolute Gasteiger partial charge is 0.352 e. The maximum absolute atomic E-state index is 11.2. The van der Waals surface area contributed by atoms with E-state index in [0.29, 0.717) is 22.1 Å². The molecule has 0 unspecified atom stereocenters. The highest BCUT2D eigenvalue weighted by molar-refractivity contribution is 14.1. The first-order chi connectivity index (χ1) is 8.63. The van der Waals surface area contributed by atoms with E-state index in [1.807, 2.05) is 52.9 Å². The molecule has 92 valence electrons. The van der Waals surface area contributed by atoms with Crippen LogP contribution in [0.4, 0.5) is 0 Å². The van der Waals surface area contributed by atoms with E-state index in [1.54, 1.807) is 4.57 Å². The summed E-state index contributed by atoms with van der Waals surface area (Å²) in [6.07, 6.45) is 0.676. The van der Waals surface area contributed by atoms with Gasteiger partial charge >= 0.3 is 5.97 Å². The minimum atomic E-state index is -1.03. The summed E-state index contributed by atoms with van der Waals surface area (Å²) in [7, 11) is 0. The topological polar surface area (TPSA) is 59.3 Å². The quantitative estimate of drug-likeness (QED) is 0.678. The molecule has 0 radical (unpaired) electrons. The number of halogens is 1. The van der Waals surface area contributed by atoms with Crippen molar-refractivity contribution in [3.63, 3.8) is 0 Å². The lowest BCUT2D eigenvalue weighted by atomic mass is 10.2. The summed E-state index contributed by atoms with van der Waals surface area (Å²) in [5, 5.41) is 9.14. The number of aromatic carboxylic acids is 1. The predicted molar refractivity (Wildman–Crippen MR) is 75.0 cm³/mol. The lowest BCUT2D eigenvalue weighted by molar-refractivity contribution is 0.0685. The summed E-state index contributed by atoms with van der Waals surface area (Å²) in [4.78, 5) is 22.0. The van der Waals surface area contributed by atoms with E-state index in [4.69, 9.17) is 5.11 Å². The van der Waals surface area contributed by atoms with Gasteiger partial charge in [0, 0.05) is 12.1 Å². The summed E-state index contributed by atoms with van der Waals surface area (Å²) in [5.41, 5.74) is 1.53. The number of hydrogen-bond acceptors (Lipinski definition) is 2. The van der Waals surface area contributed by atoms with Gasteiger partial charge in [0.25, 0.3) is 0 Å². The number of aromatic nitrogens is 1. The van der Waals surface area contributed by atoms with Crippen LogP contribution in [-0.2, 0) is 6.54 Å². The molecule has 0 aliphatic rings. The fourth-order valence-electron chi connectivity index (χ4n) is 1.73. The second-order valence-corrected chi connectivity index (χ2v) is 4.79. The Morgan fingerprint density at radius 3 is 2.56 bits per heavy atom. The molecular weight excluding hydrogens is 345 g/mol. The molecule has 0 bridgehead atoms. The van der Waals surface area contributed by atoms with Crippen molar-refractivity contribution in [2.45, 2.75) is 6.54 Å². The molecule has 1 heterocycles. The molecule has 5 heteroatoms. The third-order valence-corrected chi connectivity index (χ3v) is 3.79. The molecule has 1 N–H and O–H groups in total. The molecule has 0 fully saturated rings. The van der Waals surface area contributed by atoms with Gasteiger partial charge in [-0.05, 0) is 34.2 Å². The SMILES string of the molecule is O=Cc1cc(C(=O)O)n(Cc2ccccc2)c1I. The molecule has 0 aliphatic heterocycles. The Labute approximate surface area is 117 Å². The summed E-state index contributed by atoms with van der Waals surface area (Å²) >= 11 is 1.99. The molecule has 0 saturated heterocycles. The predicted octanol–water partition coefficient (Wildman–Crippen LogP) is 2.65. The second kappa shape index (κ2) is 5.34. The molecule has 0 saturated carbocycles. The van der Waals surface area contributed by atoms with Crippen LogP contribution in [0.3, 0.4) is 0 Å². The Hall–Kier alpha value is -1.63. The van der Waals surface area contributed by atoms with E-state index in [2.05, 4.69) is 0 Å². The van der Waals surface area contributed by atoms with Crippen LogP contribution in [-0.4, -0.2) is 21.9 Å². The first-order valence-electron chi connectivity index (χ1n) is 5.25. The zero-order valence-corrected chi connectivity index (χ0v) is 11.5. The maximum Gasteiger partial charge on any atom is 0.352 e. The number of carboxylic acids is 1. The molecule has 2 aromatic rings. The third-order valence-electron chi connectivity index (χ3n) is 2.59. The van der Waals surface area contributed by atoms with Crippen LogP contribution in [0.15, 0.2) is 36.4 Å². The number of carbonyl (C=O) groups is 2. The summed E-state index contributed by atoms with van der Waals surface area (Å²) in [5.74, 6) is -1.03. The van der Waals surface area contributed by atoms with E-state index in [-0.39, 0.29) is 5.69 Å². The van der Waals surface area contributed by atoms with E-state index >= 15 is 0 Å². The summed E-state index contributed by atoms with van der Waals surface area (Å²) in [6, 6.07) is 10.9. The van der Waals surface area contributed by atoms with Gasteiger partial charge < -0.3 is 9.67 Å². The summed E-state index contributed by atoms with van der Waals surface area (Å²) in [6.45, 7) is 0.439. The van der Waals surface area contributed by atoms with Crippen molar-refractivity contribution in [1.29, 1.82) is 0 Å². The summed E-state index contributed by atoms with van der Waals surface area (Å²) < 4.78 is 2.27. The van der Waals surface area contributed by atoms with Crippen molar-refractivity contribution in [1.82, 2.24) is 4.57 Å². The monoisotopic (exact) mass is 355 g/mol. The van der Waals surface area contributed by atoms with Crippen LogP contribution in [0.5, 0.6) is 0 Å². The van der Waals surface area contributed by atoms with E-state index in [1.165, 1.54) is 6.07 Å². The highest BCUT2D eigenvalue weighted by Crippen LogP contribution is 2.19. The number of benzene rings is 1. The normalized spacial score (nSPS) is 10.3. The number of carboxylic acid groups (broad SMARTS) is 1. The molecule has 0 spiro atoms. The van der Waals surface area contributed by atoms with Crippen molar-refractivity contribution in [3.05, 3.63) is 56.9 Å². The highest BCUT2D eigenvalue weighted by atomic mass is 127. The number of hydrogen-bond donors (Lipinski definition) is 1. The zero-order chi connectivity index (χ0) is 13.1. The average molecular weight is 355 g/mol. The minimum absolute atomic E-state index is 0.130. The minimum Gasteiger partial charge on any atom is -0.477 e. The van der Waals surface area contributed by atoms with Gasteiger partial charge in [0.1, 0.15) is 5.69 Å². The molecule has 1 aromatic heterocycles. The van der Waals surface area contributed by atoms with Crippen molar-refractivity contribution in [3.8, 4) is 0 Å². The molecule has 18 heavy (non-hydrogen) atoms. The Balaban J connectivity index is 2.46. The Morgan fingerprint density at radius 2 is 2.00 bits per heavy atom. The van der Waals surface area contributed by atoms with Gasteiger partial charge in [-0.1, -0.05) is 30.3 Å². The van der Waals surface area contributed by atoms with Gasteiger partial charge in [-0.2, -0.15) is 0 Å². The van der Waals surface area contributed by atoms with Crippen molar-refractivity contribution < 1.29 is 14.7 Å². The number of rotatable bonds is 4. The molecule has 2 rings (SSSR count). The molecule has 1 aromatic carbocycles. The van der Waals surface area contributed by atoms with Crippen molar-refractivity contribution in [2.75, 3.05) is 0 Å². The van der Waals surface area contributed by atoms with E-state index < -0.39 is 5.97 Å². The van der Waals surface area contributed by atoms with Crippen LogP contribution in [0.25, 0.3) is 0 Å². The van der Waals surface area contributed by atoms with Gasteiger partial charge in [-0.25, -0.2) is 4.79 Å². The van der Waals surface area contributed by atoms with Crippen molar-refractivity contribution in [2.24, 2.45) is 0 Å². The van der Waals surface area contributed by atoms with Gasteiger partial charge in [-0.3, -0.25) is 4.79 Å². The fraction of sp³-hybridized carbons (Fsp3) is 0.0769. The number of aldehydes is 1. The van der Waals surface area contributed by atoms with E-state index in [9.17, 15) is 9.59 Å². The van der Waals surface area contributed by atoms with Crippen LogP contribution in [0.1, 0.15) is 26.4 Å². The molecule has 4 nitrogen and oxygen atoms in total. The van der Waals surface area contributed by atoms with Gasteiger partial charge in [0.2, 0.25) is 0 Å². The van der Waals surface area contributed by atoms with Crippen LogP contribution in [0, 0.1) is 3.70 Å². The van der Waals surface area contributed by atoms with Crippen LogP contribution >= 0.6 is 22.6 Å². The van der Waals surface area contributed by atoms with Gasteiger partial charge in [0.15, 0.2) is 6.29 Å². The highest BCUT2D eigenvalue weighted by Gasteiger charge is 2.17. The Morgan fingerprint density at radius 1 is 1.33 bits per heavy atom. The van der Waals surface area contributed by atoms with Crippen molar-refractivity contribution >= 4 is 34.8 Å². The zero-order valence-electron chi connectivity index (χ0n) is 9.34. The van der Waals surface area contributed by atoms with Gasteiger partial charge in [0.05, 0.1) is 3.70 Å². The lowest BCUT2D eigenvalue weighted by Gasteiger charge is -2.08. The van der Waals surface area contributed by atoms with Crippen LogP contribution in [0.2, 0.25) is 0 Å².